The molecule has 1 fully saturated rings. The minimum absolute atomic E-state index is 0.0765. The fourth-order valence-electron chi connectivity index (χ4n) is 2.56. The van der Waals surface area contributed by atoms with Crippen LogP contribution in [0.5, 0.6) is 5.75 Å². The fourth-order valence-corrected chi connectivity index (χ4v) is 2.56. The van der Waals surface area contributed by atoms with Gasteiger partial charge < -0.3 is 29.9 Å². The van der Waals surface area contributed by atoms with Gasteiger partial charge in [-0.05, 0) is 37.6 Å². The van der Waals surface area contributed by atoms with E-state index in [0.717, 1.165) is 0 Å². The van der Waals surface area contributed by atoms with E-state index in [4.69, 9.17) is 14.6 Å². The first-order valence-electron chi connectivity index (χ1n) is 8.05. The molecule has 0 aromatic heterocycles. The first-order chi connectivity index (χ1) is 12.2. The lowest BCUT2D eigenvalue weighted by Gasteiger charge is -2.39. The Kier molecular flexibility index (Phi) is 6.63. The van der Waals surface area contributed by atoms with Crippen molar-refractivity contribution >= 4 is 17.6 Å². The predicted molar refractivity (Wildman–Crippen MR) is 90.2 cm³/mol. The van der Waals surface area contributed by atoms with Crippen LogP contribution in [0.4, 0.5) is 0 Å². The van der Waals surface area contributed by atoms with Gasteiger partial charge in [-0.3, -0.25) is 9.59 Å². The van der Waals surface area contributed by atoms with E-state index in [2.05, 4.69) is 0 Å². The third kappa shape index (κ3) is 4.54. The molecule has 5 atom stereocenters. The van der Waals surface area contributed by atoms with E-state index in [1.54, 1.807) is 12.1 Å². The summed E-state index contributed by atoms with van der Waals surface area (Å²) in [6.07, 6.45) is -5.37. The third-order valence-corrected chi connectivity index (χ3v) is 4.05. The maximum absolute atomic E-state index is 11.4. The van der Waals surface area contributed by atoms with Crippen LogP contribution in [0.2, 0.25) is 0 Å². The molecule has 4 N–H and O–H groups in total. The highest BCUT2D eigenvalue weighted by Gasteiger charge is 2.44. The van der Waals surface area contributed by atoms with Gasteiger partial charge in [-0.1, -0.05) is 12.1 Å². The third-order valence-electron chi connectivity index (χ3n) is 4.05. The average molecular weight is 366 g/mol. The molecule has 1 aromatic rings. The molecule has 1 heterocycles. The number of rotatable bonds is 6. The van der Waals surface area contributed by atoms with Crippen LogP contribution in [0.3, 0.4) is 0 Å². The molecule has 8 nitrogen and oxygen atoms in total. The Morgan fingerprint density at radius 1 is 1.04 bits per heavy atom. The van der Waals surface area contributed by atoms with Crippen LogP contribution in [0.25, 0.3) is 6.08 Å². The molecule has 1 aliphatic rings. The lowest BCUT2D eigenvalue weighted by Crippen LogP contribution is -2.60. The Bertz CT molecular complexity index is 663. The number of benzene rings is 1. The standard InChI is InChI=1S/C18H22O8/c1-9(20)13(10(2)21)7-11-3-5-12(6-4-11)25-18-17(24)16(23)15(22)14(8-19)26-18/h3-7,14-19,22-24H,8H2,1-2H3/t14-,15+,16+,17+,18+/m0/s1. The molecular weight excluding hydrogens is 344 g/mol. The van der Waals surface area contributed by atoms with E-state index < -0.39 is 37.3 Å². The van der Waals surface area contributed by atoms with Gasteiger partial charge in [-0.25, -0.2) is 0 Å². The van der Waals surface area contributed by atoms with Crippen molar-refractivity contribution in [2.75, 3.05) is 6.61 Å². The highest BCUT2D eigenvalue weighted by molar-refractivity contribution is 6.21. The summed E-state index contributed by atoms with van der Waals surface area (Å²) in [4.78, 5) is 22.9. The van der Waals surface area contributed by atoms with Crippen molar-refractivity contribution in [3.05, 3.63) is 35.4 Å². The average Bonchev–Trinajstić information content (AvgIpc) is 2.60. The van der Waals surface area contributed by atoms with Crippen LogP contribution in [-0.2, 0) is 14.3 Å². The van der Waals surface area contributed by atoms with E-state index in [9.17, 15) is 24.9 Å². The van der Waals surface area contributed by atoms with Crippen LogP contribution in [-0.4, -0.2) is 69.3 Å². The minimum atomic E-state index is -1.53. The number of carbonyl (C=O) groups excluding carboxylic acids is 2. The lowest BCUT2D eigenvalue weighted by molar-refractivity contribution is -0.277. The molecule has 142 valence electrons. The maximum atomic E-state index is 11.4. The first kappa shape index (κ1) is 20.2. The van der Waals surface area contributed by atoms with Crippen molar-refractivity contribution in [1.29, 1.82) is 0 Å². The van der Waals surface area contributed by atoms with Crippen molar-refractivity contribution in [3.63, 3.8) is 0 Å². The van der Waals surface area contributed by atoms with Crippen molar-refractivity contribution in [1.82, 2.24) is 0 Å². The smallest absolute Gasteiger partial charge is 0.229 e. The Labute approximate surface area is 150 Å². The van der Waals surface area contributed by atoms with Crippen molar-refractivity contribution in [2.24, 2.45) is 0 Å². The summed E-state index contributed by atoms with van der Waals surface area (Å²) in [5, 5.41) is 38.6. The highest BCUT2D eigenvalue weighted by atomic mass is 16.7. The molecule has 8 heteroatoms. The quantitative estimate of drug-likeness (QED) is 0.299. The van der Waals surface area contributed by atoms with Crippen molar-refractivity contribution < 1.29 is 39.5 Å². The zero-order valence-electron chi connectivity index (χ0n) is 14.4. The lowest BCUT2D eigenvalue weighted by atomic mass is 9.99. The first-order valence-corrected chi connectivity index (χ1v) is 8.05. The zero-order valence-corrected chi connectivity index (χ0v) is 14.4. The van der Waals surface area contributed by atoms with Crippen LogP contribution in [0, 0.1) is 0 Å². The SMILES string of the molecule is CC(=O)C(=Cc1ccc(O[C@@H]2O[C@@H](CO)[C@@H](O)[C@@H](O)[C@H]2O)cc1)C(C)=O. The number of aliphatic hydroxyl groups is 4. The van der Waals surface area contributed by atoms with E-state index >= 15 is 0 Å². The second kappa shape index (κ2) is 8.52. The molecule has 1 aromatic carbocycles. The molecule has 0 spiro atoms. The molecule has 0 unspecified atom stereocenters. The van der Waals surface area contributed by atoms with E-state index in [1.165, 1.54) is 32.1 Å². The van der Waals surface area contributed by atoms with E-state index in [0.29, 0.717) is 11.3 Å². The summed E-state index contributed by atoms with van der Waals surface area (Å²) < 4.78 is 10.7. The second-order valence-corrected chi connectivity index (χ2v) is 6.05. The van der Waals surface area contributed by atoms with Gasteiger partial charge in [0.1, 0.15) is 30.2 Å². The van der Waals surface area contributed by atoms with Gasteiger partial charge in [-0.2, -0.15) is 0 Å². The number of ketones is 2. The molecule has 0 amide bonds. The number of Topliss-reactive ketones (excluding diaryl/α,β-unsaturated/α-hetero) is 2. The minimum Gasteiger partial charge on any atom is -0.462 e. The highest BCUT2D eigenvalue weighted by Crippen LogP contribution is 2.24. The number of hydrogen-bond acceptors (Lipinski definition) is 8. The monoisotopic (exact) mass is 366 g/mol. The summed E-state index contributed by atoms with van der Waals surface area (Å²) in [6.45, 7) is 2.07. The molecular formula is C18H22O8. The Balaban J connectivity index is 2.13. The summed E-state index contributed by atoms with van der Waals surface area (Å²) in [6, 6.07) is 6.27. The Morgan fingerprint density at radius 3 is 2.12 bits per heavy atom. The summed E-state index contributed by atoms with van der Waals surface area (Å²) >= 11 is 0. The van der Waals surface area contributed by atoms with Gasteiger partial charge in [0.25, 0.3) is 0 Å². The molecule has 0 aliphatic carbocycles. The largest absolute Gasteiger partial charge is 0.462 e. The van der Waals surface area contributed by atoms with Crippen LogP contribution >= 0.6 is 0 Å². The van der Waals surface area contributed by atoms with Crippen LogP contribution in [0.1, 0.15) is 19.4 Å². The second-order valence-electron chi connectivity index (χ2n) is 6.05. The van der Waals surface area contributed by atoms with Crippen LogP contribution in [0.15, 0.2) is 29.8 Å². The number of allylic oxidation sites excluding steroid dienone is 1. The molecule has 26 heavy (non-hydrogen) atoms. The Morgan fingerprint density at radius 2 is 1.62 bits per heavy atom. The topological polar surface area (TPSA) is 134 Å². The van der Waals surface area contributed by atoms with Crippen molar-refractivity contribution in [3.8, 4) is 5.75 Å². The van der Waals surface area contributed by atoms with E-state index in [-0.39, 0.29) is 17.1 Å². The molecule has 0 saturated carbocycles. The summed E-state index contributed by atoms with van der Waals surface area (Å²) in [5.41, 5.74) is 0.680. The van der Waals surface area contributed by atoms with Gasteiger partial charge in [0.2, 0.25) is 6.29 Å². The van der Waals surface area contributed by atoms with E-state index in [1.807, 2.05) is 0 Å². The number of aliphatic hydroxyl groups excluding tert-OH is 4. The normalized spacial score (nSPS) is 28.3. The molecule has 1 aliphatic heterocycles. The van der Waals surface area contributed by atoms with Gasteiger partial charge in [0.05, 0.1) is 12.2 Å². The number of carbonyl (C=O) groups is 2. The molecule has 0 bridgehead atoms. The maximum Gasteiger partial charge on any atom is 0.229 e. The fraction of sp³-hybridized carbons (Fsp3) is 0.444. The zero-order chi connectivity index (χ0) is 19.4. The van der Waals surface area contributed by atoms with Crippen molar-refractivity contribution in [2.45, 2.75) is 44.6 Å². The predicted octanol–water partition coefficient (Wildman–Crippen LogP) is -0.573. The van der Waals surface area contributed by atoms with Crippen LogP contribution < -0.4 is 4.74 Å². The number of ether oxygens (including phenoxy) is 2. The van der Waals surface area contributed by atoms with Gasteiger partial charge in [0, 0.05) is 0 Å². The summed E-state index contributed by atoms with van der Waals surface area (Å²) in [7, 11) is 0. The van der Waals surface area contributed by atoms with Gasteiger partial charge in [0.15, 0.2) is 11.6 Å². The molecule has 2 rings (SSSR count). The molecule has 0 radical (unpaired) electrons. The van der Waals surface area contributed by atoms with Gasteiger partial charge >= 0.3 is 0 Å². The van der Waals surface area contributed by atoms with Gasteiger partial charge in [-0.15, -0.1) is 0 Å². The summed E-state index contributed by atoms with van der Waals surface area (Å²) in [5.74, 6) is -0.378. The molecule has 1 saturated heterocycles. The number of hydrogen-bond donors (Lipinski definition) is 4. The Hall–Kier alpha value is -2.10.